The predicted octanol–water partition coefficient (Wildman–Crippen LogP) is 2.29. The van der Waals surface area contributed by atoms with E-state index in [2.05, 4.69) is 4.37 Å². The molecule has 0 saturated carbocycles. The molecule has 2 rings (SSSR count). The molecule has 11 heavy (non-hydrogen) atoms. The molecule has 0 spiro atoms. The van der Waals surface area contributed by atoms with Gasteiger partial charge in [-0.2, -0.15) is 4.37 Å². The van der Waals surface area contributed by atoms with Gasteiger partial charge in [-0.3, -0.25) is 0 Å². The monoisotopic (exact) mass is 162 g/mol. The highest BCUT2D eigenvalue weighted by Crippen LogP contribution is 2.20. The number of nitrogens with one attached hydrogen (secondary N) is 1. The van der Waals surface area contributed by atoms with Crippen LogP contribution in [0.25, 0.3) is 10.1 Å². The van der Waals surface area contributed by atoms with Gasteiger partial charge >= 0.3 is 0 Å². The summed E-state index contributed by atoms with van der Waals surface area (Å²) in [6, 6.07) is 7.94. The summed E-state index contributed by atoms with van der Waals surface area (Å²) >= 11 is 1.44. The molecule has 2 nitrogen and oxygen atoms in total. The van der Waals surface area contributed by atoms with Gasteiger partial charge in [-0.25, -0.2) is 0 Å². The molecule has 1 heterocycles. The van der Waals surface area contributed by atoms with Crippen molar-refractivity contribution in [3.63, 3.8) is 0 Å². The Hall–Kier alpha value is -1.22. The maximum absolute atomic E-state index is 7.06. The maximum atomic E-state index is 7.06. The molecule has 0 saturated heterocycles. The molecule has 0 radical (unpaired) electrons. The first-order valence-electron chi connectivity index (χ1n) is 3.27. The van der Waals surface area contributed by atoms with Gasteiger partial charge in [-0.05, 0) is 17.6 Å². The first-order valence-corrected chi connectivity index (χ1v) is 4.04. The van der Waals surface area contributed by atoms with E-state index in [-0.39, 0.29) is 0 Å². The van der Waals surface area contributed by atoms with Crippen molar-refractivity contribution < 1.29 is 0 Å². The number of rotatable bonds is 1. The second-order valence-electron chi connectivity index (χ2n) is 2.21. The minimum absolute atomic E-state index is 0.769. The van der Waals surface area contributed by atoms with Crippen LogP contribution in [0.4, 0.5) is 0 Å². The number of aromatic nitrogens is 1. The van der Waals surface area contributed by atoms with Crippen LogP contribution < -0.4 is 0 Å². The Balaban J connectivity index is 2.86. The zero-order valence-corrected chi connectivity index (χ0v) is 6.56. The van der Waals surface area contributed by atoms with Gasteiger partial charge in [-0.1, -0.05) is 18.2 Å². The van der Waals surface area contributed by atoms with E-state index in [9.17, 15) is 0 Å². The van der Waals surface area contributed by atoms with E-state index in [0.717, 1.165) is 15.8 Å². The summed E-state index contributed by atoms with van der Waals surface area (Å²) in [6.45, 7) is 0. The minimum atomic E-state index is 0.769. The fourth-order valence-electron chi connectivity index (χ4n) is 1.01. The lowest BCUT2D eigenvalue weighted by atomic mass is 10.2. The third kappa shape index (κ3) is 0.935. The molecular formula is C8H6N2S. The Kier molecular flexibility index (Phi) is 1.43. The van der Waals surface area contributed by atoms with Crippen LogP contribution in [0, 0.1) is 5.41 Å². The van der Waals surface area contributed by atoms with Crippen LogP contribution in [0.1, 0.15) is 5.69 Å². The third-order valence-corrected chi connectivity index (χ3v) is 2.38. The SMILES string of the molecule is N=Cc1nsc2ccccc12. The van der Waals surface area contributed by atoms with Gasteiger partial charge in [0.1, 0.15) is 5.69 Å². The van der Waals surface area contributed by atoms with E-state index in [1.54, 1.807) is 0 Å². The van der Waals surface area contributed by atoms with Crippen molar-refractivity contribution in [3.05, 3.63) is 30.0 Å². The summed E-state index contributed by atoms with van der Waals surface area (Å²) in [5.74, 6) is 0. The maximum Gasteiger partial charge on any atom is 0.102 e. The average Bonchev–Trinajstić information content (AvgIpc) is 2.47. The number of benzene rings is 1. The second kappa shape index (κ2) is 2.43. The third-order valence-electron chi connectivity index (χ3n) is 1.54. The molecule has 0 amide bonds. The summed E-state index contributed by atoms with van der Waals surface area (Å²) in [4.78, 5) is 0. The van der Waals surface area contributed by atoms with Crippen LogP contribution in [-0.2, 0) is 0 Å². The molecule has 1 aromatic carbocycles. The molecule has 3 heteroatoms. The highest BCUT2D eigenvalue weighted by atomic mass is 32.1. The predicted molar refractivity (Wildman–Crippen MR) is 47.5 cm³/mol. The van der Waals surface area contributed by atoms with Crippen LogP contribution in [0.3, 0.4) is 0 Å². The molecular weight excluding hydrogens is 156 g/mol. The largest absolute Gasteiger partial charge is 0.306 e. The molecule has 54 valence electrons. The number of hydrogen-bond donors (Lipinski definition) is 1. The number of fused-ring (bicyclic) bond motifs is 1. The highest BCUT2D eigenvalue weighted by Gasteiger charge is 2.00. The summed E-state index contributed by atoms with van der Waals surface area (Å²) < 4.78 is 5.26. The Morgan fingerprint density at radius 2 is 2.18 bits per heavy atom. The van der Waals surface area contributed by atoms with E-state index < -0.39 is 0 Å². The normalized spacial score (nSPS) is 10.2. The summed E-state index contributed by atoms with van der Waals surface area (Å²) in [5.41, 5.74) is 0.769. The Labute approximate surface area is 68.2 Å². The zero-order valence-electron chi connectivity index (χ0n) is 5.74. The minimum Gasteiger partial charge on any atom is -0.306 e. The van der Waals surface area contributed by atoms with E-state index in [4.69, 9.17) is 5.41 Å². The number of nitrogens with zero attached hydrogens (tertiary/aromatic N) is 1. The fourth-order valence-corrected chi connectivity index (χ4v) is 1.77. The van der Waals surface area contributed by atoms with Crippen molar-refractivity contribution in [2.75, 3.05) is 0 Å². The van der Waals surface area contributed by atoms with Crippen molar-refractivity contribution in [2.45, 2.75) is 0 Å². The van der Waals surface area contributed by atoms with Gasteiger partial charge in [0.2, 0.25) is 0 Å². The van der Waals surface area contributed by atoms with Crippen molar-refractivity contribution in [1.82, 2.24) is 4.37 Å². The summed E-state index contributed by atoms with van der Waals surface area (Å²) in [7, 11) is 0. The van der Waals surface area contributed by atoms with E-state index in [0.29, 0.717) is 0 Å². The molecule has 0 aliphatic heterocycles. The summed E-state index contributed by atoms with van der Waals surface area (Å²) in [5, 5.41) is 8.14. The molecule has 0 bridgehead atoms. The van der Waals surface area contributed by atoms with E-state index in [1.165, 1.54) is 17.7 Å². The standard InChI is InChI=1S/C8H6N2S/c9-5-7-6-3-1-2-4-8(6)11-10-7/h1-5,9H. The molecule has 1 N–H and O–H groups in total. The first-order chi connectivity index (χ1) is 5.42. The Morgan fingerprint density at radius 3 is 3.00 bits per heavy atom. The van der Waals surface area contributed by atoms with Crippen molar-refractivity contribution in [2.24, 2.45) is 0 Å². The first kappa shape index (κ1) is 6.49. The van der Waals surface area contributed by atoms with Crippen LogP contribution in [0.2, 0.25) is 0 Å². The average molecular weight is 162 g/mol. The smallest absolute Gasteiger partial charge is 0.102 e. The zero-order chi connectivity index (χ0) is 7.68. The highest BCUT2D eigenvalue weighted by molar-refractivity contribution is 7.13. The van der Waals surface area contributed by atoms with Gasteiger partial charge in [0.15, 0.2) is 0 Å². The van der Waals surface area contributed by atoms with Crippen molar-refractivity contribution >= 4 is 27.8 Å². The molecule has 1 aromatic heterocycles. The molecule has 0 fully saturated rings. The van der Waals surface area contributed by atoms with Crippen molar-refractivity contribution in [1.29, 1.82) is 5.41 Å². The van der Waals surface area contributed by atoms with Crippen molar-refractivity contribution in [3.8, 4) is 0 Å². The Morgan fingerprint density at radius 1 is 1.36 bits per heavy atom. The van der Waals surface area contributed by atoms with E-state index in [1.807, 2.05) is 24.3 Å². The molecule has 2 aromatic rings. The second-order valence-corrected chi connectivity index (χ2v) is 3.01. The quantitative estimate of drug-likeness (QED) is 0.642. The number of hydrogen-bond acceptors (Lipinski definition) is 3. The van der Waals surface area contributed by atoms with Crippen LogP contribution >= 0.6 is 11.5 Å². The van der Waals surface area contributed by atoms with Crippen LogP contribution in [0.5, 0.6) is 0 Å². The lowest BCUT2D eigenvalue weighted by Crippen LogP contribution is -1.76. The lowest BCUT2D eigenvalue weighted by Gasteiger charge is -1.85. The molecule has 0 atom stereocenters. The molecule has 0 aliphatic carbocycles. The summed E-state index contributed by atoms with van der Waals surface area (Å²) in [6.07, 6.45) is 1.29. The topological polar surface area (TPSA) is 36.7 Å². The Bertz CT molecular complexity index is 392. The van der Waals surface area contributed by atoms with Gasteiger partial charge in [0.05, 0.1) is 4.70 Å². The van der Waals surface area contributed by atoms with E-state index >= 15 is 0 Å². The van der Waals surface area contributed by atoms with Gasteiger partial charge in [0, 0.05) is 11.6 Å². The molecule has 0 unspecified atom stereocenters. The van der Waals surface area contributed by atoms with Gasteiger partial charge in [-0.15, -0.1) is 0 Å². The van der Waals surface area contributed by atoms with Gasteiger partial charge < -0.3 is 5.41 Å². The fraction of sp³-hybridized carbons (Fsp3) is 0. The van der Waals surface area contributed by atoms with Crippen LogP contribution in [-0.4, -0.2) is 10.6 Å². The van der Waals surface area contributed by atoms with Crippen LogP contribution in [0.15, 0.2) is 24.3 Å². The van der Waals surface area contributed by atoms with Gasteiger partial charge in [0.25, 0.3) is 0 Å². The lowest BCUT2D eigenvalue weighted by molar-refractivity contribution is 1.49. The molecule has 0 aliphatic rings.